The molecule has 134 valence electrons. The first-order valence-corrected chi connectivity index (χ1v) is 9.53. The SMILES string of the molecule is CC(CNC(=O)c1cc(-c2cccnc2)on1)N1CCc2sccc2C1. The van der Waals surface area contributed by atoms with Crippen LogP contribution in [0.5, 0.6) is 0 Å². The molecular formula is C19H20N4O2S. The highest BCUT2D eigenvalue weighted by molar-refractivity contribution is 7.10. The third kappa shape index (κ3) is 3.54. The molecule has 6 nitrogen and oxygen atoms in total. The molecule has 0 spiro atoms. The predicted octanol–water partition coefficient (Wildman–Crippen LogP) is 2.97. The van der Waals surface area contributed by atoms with Crippen molar-refractivity contribution in [3.05, 3.63) is 58.2 Å². The molecule has 1 N–H and O–H groups in total. The summed E-state index contributed by atoms with van der Waals surface area (Å²) >= 11 is 1.84. The second-order valence-corrected chi connectivity index (χ2v) is 7.47. The van der Waals surface area contributed by atoms with E-state index >= 15 is 0 Å². The van der Waals surface area contributed by atoms with Crippen LogP contribution in [0.1, 0.15) is 27.9 Å². The predicted molar refractivity (Wildman–Crippen MR) is 100.0 cm³/mol. The topological polar surface area (TPSA) is 71.3 Å². The van der Waals surface area contributed by atoms with Crippen molar-refractivity contribution in [1.82, 2.24) is 20.4 Å². The van der Waals surface area contributed by atoms with Crippen LogP contribution in [0.15, 0.2) is 46.6 Å². The van der Waals surface area contributed by atoms with Crippen LogP contribution in [0, 0.1) is 0 Å². The molecule has 0 radical (unpaired) electrons. The van der Waals surface area contributed by atoms with E-state index in [9.17, 15) is 4.79 Å². The number of carbonyl (C=O) groups is 1. The number of hydrogen-bond donors (Lipinski definition) is 1. The number of rotatable bonds is 5. The van der Waals surface area contributed by atoms with E-state index in [1.165, 1.54) is 10.4 Å². The van der Waals surface area contributed by atoms with Gasteiger partial charge in [-0.2, -0.15) is 0 Å². The van der Waals surface area contributed by atoms with E-state index in [1.54, 1.807) is 18.5 Å². The van der Waals surface area contributed by atoms with Gasteiger partial charge < -0.3 is 9.84 Å². The number of amides is 1. The van der Waals surface area contributed by atoms with Gasteiger partial charge in [-0.25, -0.2) is 0 Å². The van der Waals surface area contributed by atoms with Crippen LogP contribution in [0.25, 0.3) is 11.3 Å². The lowest BCUT2D eigenvalue weighted by atomic mass is 10.1. The first-order chi connectivity index (χ1) is 12.7. The van der Waals surface area contributed by atoms with Crippen LogP contribution in [0.3, 0.4) is 0 Å². The fourth-order valence-electron chi connectivity index (χ4n) is 3.13. The van der Waals surface area contributed by atoms with E-state index in [0.717, 1.165) is 25.1 Å². The molecule has 0 saturated carbocycles. The Kier molecular flexibility index (Phi) is 4.81. The number of carbonyl (C=O) groups excluding carboxylic acids is 1. The summed E-state index contributed by atoms with van der Waals surface area (Å²) in [7, 11) is 0. The number of nitrogens with one attached hydrogen (secondary N) is 1. The Bertz CT molecular complexity index is 890. The van der Waals surface area contributed by atoms with Gasteiger partial charge in [0.05, 0.1) is 0 Å². The van der Waals surface area contributed by atoms with Gasteiger partial charge in [0.1, 0.15) is 0 Å². The zero-order valence-electron chi connectivity index (χ0n) is 14.5. The Morgan fingerprint density at radius 2 is 2.38 bits per heavy atom. The van der Waals surface area contributed by atoms with E-state index in [2.05, 4.69) is 38.7 Å². The van der Waals surface area contributed by atoms with Crippen LogP contribution in [0.2, 0.25) is 0 Å². The summed E-state index contributed by atoms with van der Waals surface area (Å²) in [6.07, 6.45) is 4.46. The van der Waals surface area contributed by atoms with Gasteiger partial charge in [0.25, 0.3) is 5.91 Å². The second-order valence-electron chi connectivity index (χ2n) is 6.47. The summed E-state index contributed by atoms with van der Waals surface area (Å²) in [5.74, 6) is 0.321. The molecule has 26 heavy (non-hydrogen) atoms. The van der Waals surface area contributed by atoms with Crippen molar-refractivity contribution in [2.24, 2.45) is 0 Å². The van der Waals surface area contributed by atoms with E-state index in [-0.39, 0.29) is 17.6 Å². The molecule has 0 aromatic carbocycles. The molecule has 1 amide bonds. The number of nitrogens with zero attached hydrogens (tertiary/aromatic N) is 3. The number of hydrogen-bond acceptors (Lipinski definition) is 6. The monoisotopic (exact) mass is 368 g/mol. The van der Waals surface area contributed by atoms with Crippen LogP contribution >= 0.6 is 11.3 Å². The Labute approximate surface area is 155 Å². The van der Waals surface area contributed by atoms with Gasteiger partial charge >= 0.3 is 0 Å². The molecule has 1 aliphatic heterocycles. The summed E-state index contributed by atoms with van der Waals surface area (Å²) in [4.78, 5) is 20.3. The van der Waals surface area contributed by atoms with Crippen molar-refractivity contribution >= 4 is 17.2 Å². The quantitative estimate of drug-likeness (QED) is 0.750. The van der Waals surface area contributed by atoms with Crippen molar-refractivity contribution in [1.29, 1.82) is 0 Å². The van der Waals surface area contributed by atoms with Crippen molar-refractivity contribution in [3.63, 3.8) is 0 Å². The third-order valence-electron chi connectivity index (χ3n) is 4.71. The molecule has 7 heteroatoms. The Balaban J connectivity index is 1.33. The van der Waals surface area contributed by atoms with Crippen LogP contribution in [0.4, 0.5) is 0 Å². The number of thiophene rings is 1. The van der Waals surface area contributed by atoms with Gasteiger partial charge in [-0.1, -0.05) is 5.16 Å². The number of pyridine rings is 1. The zero-order valence-corrected chi connectivity index (χ0v) is 15.3. The minimum absolute atomic E-state index is 0.219. The summed E-state index contributed by atoms with van der Waals surface area (Å²) in [6, 6.07) is 7.79. The molecule has 4 rings (SSSR count). The maximum atomic E-state index is 12.4. The van der Waals surface area contributed by atoms with Crippen LogP contribution in [-0.2, 0) is 13.0 Å². The third-order valence-corrected chi connectivity index (χ3v) is 5.73. The Morgan fingerprint density at radius 1 is 1.46 bits per heavy atom. The standard InChI is InChI=1S/C19H20N4O2S/c1-13(23-7-4-18-15(12-23)5-8-26-18)10-21-19(24)16-9-17(25-22-16)14-3-2-6-20-11-14/h2-3,5-6,8-9,11,13H,4,7,10,12H2,1H3,(H,21,24). The van der Waals surface area contributed by atoms with E-state index in [4.69, 9.17) is 4.52 Å². The smallest absolute Gasteiger partial charge is 0.273 e. The van der Waals surface area contributed by atoms with Gasteiger partial charge in [0.2, 0.25) is 0 Å². The summed E-state index contributed by atoms with van der Waals surface area (Å²) < 4.78 is 5.27. The maximum absolute atomic E-state index is 12.4. The number of fused-ring (bicyclic) bond motifs is 1. The van der Waals surface area contributed by atoms with Gasteiger partial charge in [-0.3, -0.25) is 14.7 Å². The van der Waals surface area contributed by atoms with Gasteiger partial charge in [0, 0.05) is 54.6 Å². The minimum Gasteiger partial charge on any atom is -0.355 e. The average Bonchev–Trinajstić information content (AvgIpc) is 3.35. The zero-order chi connectivity index (χ0) is 17.9. The normalized spacial score (nSPS) is 15.4. The van der Waals surface area contributed by atoms with Gasteiger partial charge in [0.15, 0.2) is 11.5 Å². The lowest BCUT2D eigenvalue weighted by Gasteiger charge is -2.32. The van der Waals surface area contributed by atoms with Crippen LogP contribution < -0.4 is 5.32 Å². The summed E-state index contributed by atoms with van der Waals surface area (Å²) in [5, 5.41) is 9.00. The fraction of sp³-hybridized carbons (Fsp3) is 0.316. The first-order valence-electron chi connectivity index (χ1n) is 8.65. The lowest BCUT2D eigenvalue weighted by Crippen LogP contribution is -2.44. The number of aromatic nitrogens is 2. The summed E-state index contributed by atoms with van der Waals surface area (Å²) in [6.45, 7) is 4.69. The van der Waals surface area contributed by atoms with Crippen molar-refractivity contribution in [2.75, 3.05) is 13.1 Å². The largest absolute Gasteiger partial charge is 0.355 e. The molecule has 0 bridgehead atoms. The molecule has 3 aromatic heterocycles. The minimum atomic E-state index is -0.219. The average molecular weight is 368 g/mol. The fourth-order valence-corrected chi connectivity index (χ4v) is 4.02. The molecule has 0 saturated heterocycles. The molecule has 1 aliphatic rings. The van der Waals surface area contributed by atoms with Crippen molar-refractivity contribution < 1.29 is 9.32 Å². The molecular weight excluding hydrogens is 348 g/mol. The van der Waals surface area contributed by atoms with E-state index in [1.807, 2.05) is 23.5 Å². The molecule has 3 aromatic rings. The first kappa shape index (κ1) is 16.9. The molecule has 1 atom stereocenters. The lowest BCUT2D eigenvalue weighted by molar-refractivity contribution is 0.0924. The Hall–Kier alpha value is -2.51. The molecule has 0 aliphatic carbocycles. The van der Waals surface area contributed by atoms with Gasteiger partial charge in [-0.15, -0.1) is 11.3 Å². The molecule has 4 heterocycles. The van der Waals surface area contributed by atoms with E-state index in [0.29, 0.717) is 12.3 Å². The molecule has 0 fully saturated rings. The summed E-state index contributed by atoms with van der Waals surface area (Å²) in [5.41, 5.74) is 2.50. The highest BCUT2D eigenvalue weighted by Gasteiger charge is 2.22. The second kappa shape index (κ2) is 7.39. The highest BCUT2D eigenvalue weighted by Crippen LogP contribution is 2.25. The maximum Gasteiger partial charge on any atom is 0.273 e. The van der Waals surface area contributed by atoms with Crippen LogP contribution in [-0.4, -0.2) is 40.1 Å². The highest BCUT2D eigenvalue weighted by atomic mass is 32.1. The van der Waals surface area contributed by atoms with Gasteiger partial charge in [-0.05, 0) is 42.5 Å². The Morgan fingerprint density at radius 3 is 3.23 bits per heavy atom. The van der Waals surface area contributed by atoms with Crippen molar-refractivity contribution in [3.8, 4) is 11.3 Å². The van der Waals surface area contributed by atoms with Crippen molar-refractivity contribution in [2.45, 2.75) is 25.9 Å². The molecule has 1 unspecified atom stereocenters. The van der Waals surface area contributed by atoms with E-state index < -0.39 is 0 Å².